The van der Waals surface area contributed by atoms with Crippen LogP contribution in [-0.4, -0.2) is 12.6 Å². The molecule has 0 saturated carbocycles. The van der Waals surface area contributed by atoms with Gasteiger partial charge in [0.25, 0.3) is 0 Å². The molecule has 1 aliphatic rings. The zero-order valence-electron chi connectivity index (χ0n) is 13.2. The van der Waals surface area contributed by atoms with Gasteiger partial charge in [0, 0.05) is 6.04 Å². The minimum absolute atomic E-state index is 0.352. The SMILES string of the molecule is CCCNC1CCCc2c(OC(CC)CC)cccc21. The largest absolute Gasteiger partial charge is 0.490 e. The molecule has 0 heterocycles. The van der Waals surface area contributed by atoms with E-state index in [1.165, 1.54) is 30.4 Å². The second-order valence-corrected chi connectivity index (χ2v) is 5.78. The van der Waals surface area contributed by atoms with Gasteiger partial charge in [-0.25, -0.2) is 0 Å². The lowest BCUT2D eigenvalue weighted by atomic mass is 9.87. The molecule has 2 nitrogen and oxygen atoms in total. The zero-order chi connectivity index (χ0) is 14.4. The summed E-state index contributed by atoms with van der Waals surface area (Å²) in [5.74, 6) is 1.12. The summed E-state index contributed by atoms with van der Waals surface area (Å²) >= 11 is 0. The Morgan fingerprint density at radius 3 is 2.75 bits per heavy atom. The van der Waals surface area contributed by atoms with E-state index in [0.717, 1.165) is 31.6 Å². The van der Waals surface area contributed by atoms with Crippen LogP contribution in [0, 0.1) is 0 Å². The van der Waals surface area contributed by atoms with Crippen molar-refractivity contribution in [1.29, 1.82) is 0 Å². The van der Waals surface area contributed by atoms with Crippen LogP contribution in [0.5, 0.6) is 5.75 Å². The predicted octanol–water partition coefficient (Wildman–Crippen LogP) is 4.63. The van der Waals surface area contributed by atoms with E-state index in [9.17, 15) is 0 Å². The molecule has 20 heavy (non-hydrogen) atoms. The van der Waals surface area contributed by atoms with E-state index in [1.54, 1.807) is 0 Å². The molecule has 0 amide bonds. The number of hydrogen-bond acceptors (Lipinski definition) is 2. The predicted molar refractivity (Wildman–Crippen MR) is 85.4 cm³/mol. The standard InChI is InChI=1S/C18H29NO/c1-4-13-19-17-11-7-10-16-15(17)9-8-12-18(16)20-14(5-2)6-3/h8-9,12,14,17,19H,4-7,10-11,13H2,1-3H3. The van der Waals surface area contributed by atoms with Gasteiger partial charge in [-0.2, -0.15) is 0 Å². The van der Waals surface area contributed by atoms with E-state index in [2.05, 4.69) is 44.3 Å². The highest BCUT2D eigenvalue weighted by atomic mass is 16.5. The van der Waals surface area contributed by atoms with Gasteiger partial charge in [-0.05, 0) is 62.3 Å². The molecule has 0 saturated heterocycles. The van der Waals surface area contributed by atoms with Gasteiger partial charge in [-0.15, -0.1) is 0 Å². The third kappa shape index (κ3) is 3.54. The molecule has 0 spiro atoms. The molecule has 0 fully saturated rings. The summed E-state index contributed by atoms with van der Waals surface area (Å²) in [5.41, 5.74) is 2.91. The minimum atomic E-state index is 0.352. The third-order valence-electron chi connectivity index (χ3n) is 4.31. The molecule has 1 atom stereocenters. The number of fused-ring (bicyclic) bond motifs is 1. The van der Waals surface area contributed by atoms with Gasteiger partial charge < -0.3 is 10.1 Å². The van der Waals surface area contributed by atoms with Crippen molar-refractivity contribution < 1.29 is 4.74 Å². The van der Waals surface area contributed by atoms with Crippen molar-refractivity contribution in [2.75, 3.05) is 6.54 Å². The Morgan fingerprint density at radius 2 is 2.05 bits per heavy atom. The number of benzene rings is 1. The van der Waals surface area contributed by atoms with Gasteiger partial charge >= 0.3 is 0 Å². The topological polar surface area (TPSA) is 21.3 Å². The van der Waals surface area contributed by atoms with Gasteiger partial charge in [-0.1, -0.05) is 32.9 Å². The van der Waals surface area contributed by atoms with Crippen molar-refractivity contribution in [3.8, 4) is 5.75 Å². The van der Waals surface area contributed by atoms with Crippen molar-refractivity contribution >= 4 is 0 Å². The lowest BCUT2D eigenvalue weighted by Crippen LogP contribution is -2.26. The Labute approximate surface area is 123 Å². The normalized spacial score (nSPS) is 18.1. The summed E-state index contributed by atoms with van der Waals surface area (Å²) in [4.78, 5) is 0. The molecular weight excluding hydrogens is 246 g/mol. The van der Waals surface area contributed by atoms with Gasteiger partial charge in [0.15, 0.2) is 0 Å². The molecule has 0 bridgehead atoms. The maximum atomic E-state index is 6.24. The first-order valence-electron chi connectivity index (χ1n) is 8.31. The second kappa shape index (κ2) is 7.68. The Hall–Kier alpha value is -1.02. The molecule has 1 aromatic carbocycles. The molecule has 0 aromatic heterocycles. The van der Waals surface area contributed by atoms with Gasteiger partial charge in [-0.3, -0.25) is 0 Å². The smallest absolute Gasteiger partial charge is 0.123 e. The Morgan fingerprint density at radius 1 is 1.25 bits per heavy atom. The fraction of sp³-hybridized carbons (Fsp3) is 0.667. The lowest BCUT2D eigenvalue weighted by molar-refractivity contribution is 0.190. The van der Waals surface area contributed by atoms with E-state index in [0.29, 0.717) is 12.1 Å². The molecule has 1 aromatic rings. The lowest BCUT2D eigenvalue weighted by Gasteiger charge is -2.29. The maximum absolute atomic E-state index is 6.24. The molecule has 0 aliphatic heterocycles. The summed E-state index contributed by atoms with van der Waals surface area (Å²) in [5, 5.41) is 3.68. The van der Waals surface area contributed by atoms with E-state index in [1.807, 2.05) is 0 Å². The van der Waals surface area contributed by atoms with Gasteiger partial charge in [0.2, 0.25) is 0 Å². The fourth-order valence-electron chi connectivity index (χ4n) is 3.09. The van der Waals surface area contributed by atoms with Crippen molar-refractivity contribution in [1.82, 2.24) is 5.32 Å². The maximum Gasteiger partial charge on any atom is 0.123 e. The van der Waals surface area contributed by atoms with Crippen LogP contribution in [0.4, 0.5) is 0 Å². The van der Waals surface area contributed by atoms with E-state index < -0.39 is 0 Å². The molecule has 1 aliphatic carbocycles. The summed E-state index contributed by atoms with van der Waals surface area (Å²) in [7, 11) is 0. The quantitative estimate of drug-likeness (QED) is 0.783. The molecule has 0 radical (unpaired) electrons. The molecule has 112 valence electrons. The van der Waals surface area contributed by atoms with Crippen LogP contribution in [0.2, 0.25) is 0 Å². The van der Waals surface area contributed by atoms with Crippen molar-refractivity contribution in [2.24, 2.45) is 0 Å². The fourth-order valence-corrected chi connectivity index (χ4v) is 3.09. The monoisotopic (exact) mass is 275 g/mol. The van der Waals surface area contributed by atoms with Crippen LogP contribution in [0.1, 0.15) is 70.0 Å². The molecular formula is C18H29NO. The van der Waals surface area contributed by atoms with Gasteiger partial charge in [0.1, 0.15) is 5.75 Å². The number of nitrogens with one attached hydrogen (secondary N) is 1. The highest BCUT2D eigenvalue weighted by molar-refractivity contribution is 5.43. The van der Waals surface area contributed by atoms with Crippen molar-refractivity contribution in [2.45, 2.75) is 71.4 Å². The number of ether oxygens (including phenoxy) is 1. The van der Waals surface area contributed by atoms with Crippen molar-refractivity contribution in [3.05, 3.63) is 29.3 Å². The minimum Gasteiger partial charge on any atom is -0.490 e. The summed E-state index contributed by atoms with van der Waals surface area (Å²) in [6.45, 7) is 7.73. The first-order valence-corrected chi connectivity index (χ1v) is 8.31. The Kier molecular flexibility index (Phi) is 5.90. The summed E-state index contributed by atoms with van der Waals surface area (Å²) in [6, 6.07) is 7.10. The van der Waals surface area contributed by atoms with Crippen molar-refractivity contribution in [3.63, 3.8) is 0 Å². The number of hydrogen-bond donors (Lipinski definition) is 1. The average molecular weight is 275 g/mol. The first-order chi connectivity index (χ1) is 9.80. The molecule has 2 heteroatoms. The van der Waals surface area contributed by atoms with Crippen LogP contribution in [-0.2, 0) is 6.42 Å². The first kappa shape index (κ1) is 15.4. The second-order valence-electron chi connectivity index (χ2n) is 5.78. The Balaban J connectivity index is 2.19. The van der Waals surface area contributed by atoms with E-state index >= 15 is 0 Å². The summed E-state index contributed by atoms with van der Waals surface area (Å²) in [6.07, 6.45) is 7.38. The van der Waals surface area contributed by atoms with Gasteiger partial charge in [0.05, 0.1) is 6.10 Å². The Bertz CT molecular complexity index is 412. The highest BCUT2D eigenvalue weighted by Gasteiger charge is 2.22. The van der Waals surface area contributed by atoms with Crippen LogP contribution in [0.25, 0.3) is 0 Å². The number of rotatable bonds is 7. The van der Waals surface area contributed by atoms with Crippen LogP contribution >= 0.6 is 0 Å². The third-order valence-corrected chi connectivity index (χ3v) is 4.31. The molecule has 2 rings (SSSR count). The van der Waals surface area contributed by atoms with E-state index in [-0.39, 0.29) is 0 Å². The average Bonchev–Trinajstić information content (AvgIpc) is 2.50. The summed E-state index contributed by atoms with van der Waals surface area (Å²) < 4.78 is 6.24. The van der Waals surface area contributed by atoms with Crippen LogP contribution in [0.15, 0.2) is 18.2 Å². The van der Waals surface area contributed by atoms with E-state index in [4.69, 9.17) is 4.74 Å². The molecule has 1 unspecified atom stereocenters. The highest BCUT2D eigenvalue weighted by Crippen LogP contribution is 2.36. The zero-order valence-corrected chi connectivity index (χ0v) is 13.2. The van der Waals surface area contributed by atoms with Crippen LogP contribution < -0.4 is 10.1 Å². The molecule has 1 N–H and O–H groups in total. The van der Waals surface area contributed by atoms with Crippen LogP contribution in [0.3, 0.4) is 0 Å².